The highest BCUT2D eigenvalue weighted by Gasteiger charge is 2.24. The molecule has 5 heterocycles. The van der Waals surface area contributed by atoms with E-state index < -0.39 is 0 Å². The van der Waals surface area contributed by atoms with E-state index in [9.17, 15) is 9.59 Å². The minimum absolute atomic E-state index is 0.00899. The van der Waals surface area contributed by atoms with E-state index in [0.29, 0.717) is 18.7 Å². The predicted octanol–water partition coefficient (Wildman–Crippen LogP) is 2.67. The number of fused-ring (bicyclic) bond motifs is 2. The summed E-state index contributed by atoms with van der Waals surface area (Å²) in [5.41, 5.74) is 4.93. The molecule has 1 aliphatic heterocycles. The summed E-state index contributed by atoms with van der Waals surface area (Å²) in [6.45, 7) is 0.729. The third kappa shape index (κ3) is 3.54. The second-order valence-corrected chi connectivity index (χ2v) is 8.61. The molecule has 0 saturated carbocycles. The first-order valence-corrected chi connectivity index (χ1v) is 11.3. The summed E-state index contributed by atoms with van der Waals surface area (Å²) in [6.07, 6.45) is 11.4. The van der Waals surface area contributed by atoms with E-state index in [1.807, 2.05) is 24.5 Å². The number of morpholine rings is 1. The standard InChI is InChI=1S/C24H24N6O3/c31-21-14-33-19(12-26-21)13-29-20-9-17(16-8-15-6-7-25-22(15)27-10-16)11-28-23(20)30(24(29)32)18-4-2-1-3-5-18/h4,6-11,19H,1-3,5,12-14H2,(H,25,27)(H,26,31). The monoisotopic (exact) mass is 444 g/mol. The van der Waals surface area contributed by atoms with E-state index >= 15 is 0 Å². The van der Waals surface area contributed by atoms with Crippen LogP contribution in [0.1, 0.15) is 25.7 Å². The molecule has 2 aliphatic rings. The number of ether oxygens (including phenoxy) is 1. The molecule has 1 amide bonds. The van der Waals surface area contributed by atoms with E-state index in [4.69, 9.17) is 9.72 Å². The Kier molecular flexibility index (Phi) is 4.83. The van der Waals surface area contributed by atoms with Crippen molar-refractivity contribution in [3.05, 3.63) is 53.3 Å². The molecule has 1 aliphatic carbocycles. The normalized spacial score (nSPS) is 19.1. The fraction of sp³-hybridized carbons (Fsp3) is 0.333. The van der Waals surface area contributed by atoms with E-state index in [1.54, 1.807) is 15.3 Å². The van der Waals surface area contributed by atoms with Crippen molar-refractivity contribution in [1.82, 2.24) is 29.4 Å². The molecule has 9 heteroatoms. The number of amides is 1. The zero-order valence-electron chi connectivity index (χ0n) is 18.1. The fourth-order valence-corrected chi connectivity index (χ4v) is 4.70. The Balaban J connectivity index is 1.48. The van der Waals surface area contributed by atoms with Crippen molar-refractivity contribution in [3.63, 3.8) is 0 Å². The van der Waals surface area contributed by atoms with E-state index in [2.05, 4.69) is 27.4 Å². The Morgan fingerprint density at radius 3 is 2.82 bits per heavy atom. The van der Waals surface area contributed by atoms with Crippen LogP contribution in [0.15, 0.2) is 47.7 Å². The molecule has 6 rings (SSSR count). The molecule has 33 heavy (non-hydrogen) atoms. The number of carbonyl (C=O) groups is 1. The SMILES string of the molecule is O=C1COC(Cn2c(=O)n(C3=CCCCC3)c3ncc(-c4cnc5[nH]ccc5c4)cc32)CN1. The van der Waals surface area contributed by atoms with Crippen LogP contribution in [0.5, 0.6) is 0 Å². The molecule has 168 valence electrons. The van der Waals surface area contributed by atoms with Crippen molar-refractivity contribution >= 4 is 33.8 Å². The number of aromatic nitrogens is 5. The number of nitrogens with zero attached hydrogens (tertiary/aromatic N) is 4. The smallest absolute Gasteiger partial charge is 0.334 e. The minimum atomic E-state index is -0.277. The number of H-pyrrole nitrogens is 1. The van der Waals surface area contributed by atoms with Gasteiger partial charge >= 0.3 is 5.69 Å². The van der Waals surface area contributed by atoms with Crippen LogP contribution in [-0.2, 0) is 16.1 Å². The average molecular weight is 444 g/mol. The Labute approximate surface area is 189 Å². The average Bonchev–Trinajstić information content (AvgIpc) is 3.42. The lowest BCUT2D eigenvalue weighted by atomic mass is 10.0. The third-order valence-electron chi connectivity index (χ3n) is 6.42. The molecule has 4 aromatic heterocycles. The second-order valence-electron chi connectivity index (χ2n) is 8.61. The highest BCUT2D eigenvalue weighted by Crippen LogP contribution is 2.28. The van der Waals surface area contributed by atoms with E-state index in [1.165, 1.54) is 0 Å². The number of nitrogens with one attached hydrogen (secondary N) is 2. The zero-order chi connectivity index (χ0) is 22.4. The molecular weight excluding hydrogens is 420 g/mol. The predicted molar refractivity (Wildman–Crippen MR) is 125 cm³/mol. The maximum Gasteiger partial charge on any atom is 0.334 e. The topological polar surface area (TPSA) is 107 Å². The number of hydrogen-bond acceptors (Lipinski definition) is 5. The molecular formula is C24H24N6O3. The lowest BCUT2D eigenvalue weighted by Gasteiger charge is -2.23. The number of pyridine rings is 2. The van der Waals surface area contributed by atoms with Crippen LogP contribution in [-0.4, -0.2) is 49.2 Å². The lowest BCUT2D eigenvalue weighted by molar-refractivity contribution is -0.133. The molecule has 1 saturated heterocycles. The van der Waals surface area contributed by atoms with Crippen LogP contribution < -0.4 is 11.0 Å². The summed E-state index contributed by atoms with van der Waals surface area (Å²) < 4.78 is 9.15. The van der Waals surface area contributed by atoms with Crippen LogP contribution in [0.3, 0.4) is 0 Å². The summed E-state index contributed by atoms with van der Waals surface area (Å²) in [7, 11) is 0. The second kappa shape index (κ2) is 8.00. The van der Waals surface area contributed by atoms with E-state index in [0.717, 1.165) is 59.1 Å². The van der Waals surface area contributed by atoms with Gasteiger partial charge in [-0.15, -0.1) is 0 Å². The minimum Gasteiger partial charge on any atom is -0.365 e. The van der Waals surface area contributed by atoms with E-state index in [-0.39, 0.29) is 24.3 Å². The first-order valence-electron chi connectivity index (χ1n) is 11.3. The zero-order valence-corrected chi connectivity index (χ0v) is 18.1. The third-order valence-corrected chi connectivity index (χ3v) is 6.42. The lowest BCUT2D eigenvalue weighted by Crippen LogP contribution is -2.45. The maximum absolute atomic E-state index is 13.6. The van der Waals surface area contributed by atoms with Crippen LogP contribution in [0.25, 0.3) is 39.0 Å². The van der Waals surface area contributed by atoms with Gasteiger partial charge in [0.15, 0.2) is 5.65 Å². The summed E-state index contributed by atoms with van der Waals surface area (Å²) in [6, 6.07) is 6.04. The van der Waals surface area contributed by atoms with Gasteiger partial charge in [-0.25, -0.2) is 19.3 Å². The Morgan fingerprint density at radius 1 is 1.12 bits per heavy atom. The van der Waals surface area contributed by atoms with Crippen molar-refractivity contribution in [2.24, 2.45) is 0 Å². The van der Waals surface area contributed by atoms with Crippen LogP contribution in [0.2, 0.25) is 0 Å². The first-order chi connectivity index (χ1) is 16.2. The van der Waals surface area contributed by atoms with Gasteiger partial charge in [0, 0.05) is 47.3 Å². The van der Waals surface area contributed by atoms with Gasteiger partial charge in [-0.2, -0.15) is 0 Å². The fourth-order valence-electron chi connectivity index (χ4n) is 4.70. The van der Waals surface area contributed by atoms with Crippen molar-refractivity contribution in [2.45, 2.75) is 38.3 Å². The number of allylic oxidation sites excluding steroid dienone is 2. The molecule has 1 fully saturated rings. The van der Waals surface area contributed by atoms with Crippen molar-refractivity contribution in [1.29, 1.82) is 0 Å². The quantitative estimate of drug-likeness (QED) is 0.503. The van der Waals surface area contributed by atoms with Crippen LogP contribution >= 0.6 is 0 Å². The van der Waals surface area contributed by atoms with Crippen molar-refractivity contribution < 1.29 is 9.53 Å². The number of hydrogen-bond donors (Lipinski definition) is 2. The van der Waals surface area contributed by atoms with Crippen LogP contribution in [0, 0.1) is 0 Å². The van der Waals surface area contributed by atoms with Crippen LogP contribution in [0.4, 0.5) is 0 Å². The van der Waals surface area contributed by atoms with Gasteiger partial charge in [0.2, 0.25) is 5.91 Å². The molecule has 0 aromatic carbocycles. The van der Waals surface area contributed by atoms with Crippen molar-refractivity contribution in [2.75, 3.05) is 13.2 Å². The Morgan fingerprint density at radius 2 is 2.00 bits per heavy atom. The van der Waals surface area contributed by atoms with Gasteiger partial charge in [0.1, 0.15) is 12.3 Å². The van der Waals surface area contributed by atoms with Gasteiger partial charge in [0.05, 0.1) is 18.2 Å². The Bertz CT molecular complexity index is 1450. The summed E-state index contributed by atoms with van der Waals surface area (Å²) in [5.74, 6) is -0.134. The molecule has 2 N–H and O–H groups in total. The highest BCUT2D eigenvalue weighted by atomic mass is 16.5. The number of carbonyl (C=O) groups excluding carboxylic acids is 1. The number of rotatable bonds is 4. The van der Waals surface area contributed by atoms with Gasteiger partial charge in [-0.1, -0.05) is 6.08 Å². The molecule has 0 spiro atoms. The van der Waals surface area contributed by atoms with Crippen molar-refractivity contribution in [3.8, 4) is 11.1 Å². The largest absolute Gasteiger partial charge is 0.365 e. The number of aromatic amines is 1. The highest BCUT2D eigenvalue weighted by molar-refractivity contribution is 5.85. The molecule has 1 atom stereocenters. The van der Waals surface area contributed by atoms with Gasteiger partial charge in [-0.3, -0.25) is 9.36 Å². The van der Waals surface area contributed by atoms with Gasteiger partial charge in [-0.05, 0) is 43.9 Å². The molecule has 9 nitrogen and oxygen atoms in total. The van der Waals surface area contributed by atoms with Gasteiger partial charge < -0.3 is 15.0 Å². The van der Waals surface area contributed by atoms with Gasteiger partial charge in [0.25, 0.3) is 0 Å². The maximum atomic E-state index is 13.6. The number of imidazole rings is 1. The Hall–Kier alpha value is -3.72. The molecule has 4 aromatic rings. The molecule has 0 bridgehead atoms. The molecule has 0 radical (unpaired) electrons. The summed E-state index contributed by atoms with van der Waals surface area (Å²) in [5, 5.41) is 3.83. The summed E-state index contributed by atoms with van der Waals surface area (Å²) >= 11 is 0. The first kappa shape index (κ1) is 19.9. The summed E-state index contributed by atoms with van der Waals surface area (Å²) in [4.78, 5) is 37.4. The molecule has 1 unspecified atom stereocenters.